The smallest absolute Gasteiger partial charge is 0.167 e. The van der Waals surface area contributed by atoms with Gasteiger partial charge in [-0.2, -0.15) is 0 Å². The Morgan fingerprint density at radius 2 is 1.70 bits per heavy atom. The standard InChI is InChI=1S/C16H17NO3/c1-19-14-8-12(9-15(10-14)20-2)16(18)7-11-4-3-5-13(17)6-11/h3-6,8-10H,7,17H2,1-2H3. The fourth-order valence-corrected chi connectivity index (χ4v) is 1.96. The molecule has 0 fully saturated rings. The van der Waals surface area contributed by atoms with Crippen molar-refractivity contribution in [2.45, 2.75) is 6.42 Å². The highest BCUT2D eigenvalue weighted by Crippen LogP contribution is 2.23. The summed E-state index contributed by atoms with van der Waals surface area (Å²) in [5, 5.41) is 0. The normalized spacial score (nSPS) is 10.1. The average Bonchev–Trinajstić information content (AvgIpc) is 2.46. The summed E-state index contributed by atoms with van der Waals surface area (Å²) in [5.41, 5.74) is 7.81. The molecule has 0 radical (unpaired) electrons. The number of ether oxygens (including phenoxy) is 2. The number of nitrogen functional groups attached to an aromatic ring is 1. The number of ketones is 1. The van der Waals surface area contributed by atoms with E-state index in [2.05, 4.69) is 0 Å². The minimum Gasteiger partial charge on any atom is -0.497 e. The Morgan fingerprint density at radius 1 is 1.05 bits per heavy atom. The van der Waals surface area contributed by atoms with E-state index in [0.717, 1.165) is 5.56 Å². The first kappa shape index (κ1) is 13.9. The largest absolute Gasteiger partial charge is 0.497 e. The van der Waals surface area contributed by atoms with E-state index < -0.39 is 0 Å². The van der Waals surface area contributed by atoms with Crippen LogP contribution in [0.1, 0.15) is 15.9 Å². The minimum absolute atomic E-state index is 0.00667. The highest BCUT2D eigenvalue weighted by molar-refractivity contribution is 5.98. The molecule has 2 N–H and O–H groups in total. The number of nitrogens with two attached hydrogens (primary N) is 1. The van der Waals surface area contributed by atoms with Crippen LogP contribution in [0.4, 0.5) is 5.69 Å². The Bertz CT molecular complexity index is 601. The first-order valence-electron chi connectivity index (χ1n) is 6.23. The van der Waals surface area contributed by atoms with Crippen LogP contribution in [0.15, 0.2) is 42.5 Å². The third-order valence-electron chi connectivity index (χ3n) is 2.99. The van der Waals surface area contributed by atoms with E-state index in [1.54, 1.807) is 44.6 Å². The van der Waals surface area contributed by atoms with Crippen LogP contribution in [0.2, 0.25) is 0 Å². The van der Waals surface area contributed by atoms with Crippen LogP contribution >= 0.6 is 0 Å². The Morgan fingerprint density at radius 3 is 2.25 bits per heavy atom. The van der Waals surface area contributed by atoms with Crippen molar-refractivity contribution in [1.29, 1.82) is 0 Å². The fraction of sp³-hybridized carbons (Fsp3) is 0.188. The lowest BCUT2D eigenvalue weighted by atomic mass is 10.0. The van der Waals surface area contributed by atoms with Crippen LogP contribution < -0.4 is 15.2 Å². The summed E-state index contributed by atoms with van der Waals surface area (Å²) in [6.45, 7) is 0. The van der Waals surface area contributed by atoms with Crippen molar-refractivity contribution in [1.82, 2.24) is 0 Å². The van der Waals surface area contributed by atoms with Gasteiger partial charge in [0.25, 0.3) is 0 Å². The zero-order valence-corrected chi connectivity index (χ0v) is 11.6. The molecule has 0 aliphatic heterocycles. The molecule has 2 aromatic rings. The number of hydrogen-bond acceptors (Lipinski definition) is 4. The van der Waals surface area contributed by atoms with Crippen LogP contribution in [0.25, 0.3) is 0 Å². The predicted octanol–water partition coefficient (Wildman–Crippen LogP) is 2.71. The van der Waals surface area contributed by atoms with Gasteiger partial charge in [0.2, 0.25) is 0 Å². The van der Waals surface area contributed by atoms with Crippen LogP contribution in [-0.2, 0) is 6.42 Å². The zero-order valence-electron chi connectivity index (χ0n) is 11.6. The molecule has 2 rings (SSSR count). The molecule has 0 aliphatic rings. The van der Waals surface area contributed by atoms with E-state index in [4.69, 9.17) is 15.2 Å². The second-order valence-corrected chi connectivity index (χ2v) is 4.45. The molecule has 2 aromatic carbocycles. The number of hydrogen-bond donors (Lipinski definition) is 1. The van der Waals surface area contributed by atoms with Gasteiger partial charge in [-0.05, 0) is 29.8 Å². The first-order chi connectivity index (χ1) is 9.62. The second kappa shape index (κ2) is 6.10. The number of anilines is 1. The van der Waals surface area contributed by atoms with Gasteiger partial charge < -0.3 is 15.2 Å². The molecule has 20 heavy (non-hydrogen) atoms. The summed E-state index contributed by atoms with van der Waals surface area (Å²) in [6.07, 6.45) is 0.293. The molecular weight excluding hydrogens is 254 g/mol. The molecule has 0 atom stereocenters. The summed E-state index contributed by atoms with van der Waals surface area (Å²) >= 11 is 0. The Hall–Kier alpha value is -2.49. The van der Waals surface area contributed by atoms with Crippen LogP contribution in [0, 0.1) is 0 Å². The topological polar surface area (TPSA) is 61.5 Å². The second-order valence-electron chi connectivity index (χ2n) is 4.45. The molecule has 0 spiro atoms. The quantitative estimate of drug-likeness (QED) is 0.671. The Kier molecular flexibility index (Phi) is 4.25. The number of carbonyl (C=O) groups excluding carboxylic acids is 1. The third-order valence-corrected chi connectivity index (χ3v) is 2.99. The number of rotatable bonds is 5. The lowest BCUT2D eigenvalue weighted by molar-refractivity contribution is 0.0992. The van der Waals surface area contributed by atoms with Gasteiger partial charge in [-0.1, -0.05) is 12.1 Å². The summed E-state index contributed by atoms with van der Waals surface area (Å²) in [6, 6.07) is 12.5. The van der Waals surface area contributed by atoms with E-state index in [9.17, 15) is 4.79 Å². The van der Waals surface area contributed by atoms with Crippen molar-refractivity contribution >= 4 is 11.5 Å². The van der Waals surface area contributed by atoms with Crippen LogP contribution in [-0.4, -0.2) is 20.0 Å². The van der Waals surface area contributed by atoms with Crippen molar-refractivity contribution in [2.24, 2.45) is 0 Å². The van der Waals surface area contributed by atoms with Crippen molar-refractivity contribution in [3.05, 3.63) is 53.6 Å². The fourth-order valence-electron chi connectivity index (χ4n) is 1.96. The number of carbonyl (C=O) groups is 1. The molecule has 0 bridgehead atoms. The highest BCUT2D eigenvalue weighted by Gasteiger charge is 2.11. The molecule has 0 aliphatic carbocycles. The van der Waals surface area contributed by atoms with Gasteiger partial charge >= 0.3 is 0 Å². The van der Waals surface area contributed by atoms with E-state index in [1.807, 2.05) is 12.1 Å². The average molecular weight is 271 g/mol. The third kappa shape index (κ3) is 3.29. The van der Waals surface area contributed by atoms with E-state index in [1.165, 1.54) is 0 Å². The summed E-state index contributed by atoms with van der Waals surface area (Å²) < 4.78 is 10.3. The highest BCUT2D eigenvalue weighted by atomic mass is 16.5. The summed E-state index contributed by atoms with van der Waals surface area (Å²) in [4.78, 5) is 12.3. The van der Waals surface area contributed by atoms with Crippen molar-refractivity contribution in [2.75, 3.05) is 20.0 Å². The van der Waals surface area contributed by atoms with Gasteiger partial charge in [0.1, 0.15) is 11.5 Å². The van der Waals surface area contributed by atoms with Gasteiger partial charge in [-0.25, -0.2) is 0 Å². The predicted molar refractivity (Wildman–Crippen MR) is 78.4 cm³/mol. The molecule has 0 unspecified atom stereocenters. The lowest BCUT2D eigenvalue weighted by Gasteiger charge is -2.08. The zero-order chi connectivity index (χ0) is 14.5. The molecule has 0 saturated carbocycles. The molecule has 0 aromatic heterocycles. The van der Waals surface area contributed by atoms with Crippen molar-refractivity contribution in [3.8, 4) is 11.5 Å². The molecule has 0 amide bonds. The maximum Gasteiger partial charge on any atom is 0.167 e. The van der Waals surface area contributed by atoms with Gasteiger partial charge in [0, 0.05) is 23.7 Å². The SMILES string of the molecule is COc1cc(OC)cc(C(=O)Cc2cccc(N)c2)c1. The van der Waals surface area contributed by atoms with Gasteiger partial charge in [-0.15, -0.1) is 0 Å². The molecule has 0 heterocycles. The van der Waals surface area contributed by atoms with Gasteiger partial charge in [0.05, 0.1) is 14.2 Å². The van der Waals surface area contributed by atoms with Crippen molar-refractivity contribution in [3.63, 3.8) is 0 Å². The van der Waals surface area contributed by atoms with Gasteiger partial charge in [0.15, 0.2) is 5.78 Å². The molecule has 104 valence electrons. The summed E-state index contributed by atoms with van der Waals surface area (Å²) in [5.74, 6) is 1.19. The molecule has 4 heteroatoms. The Labute approximate surface area is 118 Å². The Balaban J connectivity index is 2.24. The van der Waals surface area contributed by atoms with E-state index >= 15 is 0 Å². The lowest BCUT2D eigenvalue weighted by Crippen LogP contribution is -2.05. The minimum atomic E-state index is -0.00667. The van der Waals surface area contributed by atoms with E-state index in [-0.39, 0.29) is 5.78 Å². The number of methoxy groups -OCH3 is 2. The van der Waals surface area contributed by atoms with Crippen LogP contribution in [0.5, 0.6) is 11.5 Å². The van der Waals surface area contributed by atoms with Crippen LogP contribution in [0.3, 0.4) is 0 Å². The maximum absolute atomic E-state index is 12.3. The van der Waals surface area contributed by atoms with Gasteiger partial charge in [-0.3, -0.25) is 4.79 Å². The number of Topliss-reactive ketones (excluding diaryl/α,β-unsaturated/α-hetero) is 1. The maximum atomic E-state index is 12.3. The first-order valence-corrected chi connectivity index (χ1v) is 6.23. The summed E-state index contributed by atoms with van der Waals surface area (Å²) in [7, 11) is 3.11. The van der Waals surface area contributed by atoms with E-state index in [0.29, 0.717) is 29.2 Å². The molecule has 4 nitrogen and oxygen atoms in total. The molecular formula is C16H17NO3. The monoisotopic (exact) mass is 271 g/mol. The van der Waals surface area contributed by atoms with Crippen molar-refractivity contribution < 1.29 is 14.3 Å². The number of benzene rings is 2. The molecule has 0 saturated heterocycles.